The van der Waals surface area contributed by atoms with Gasteiger partial charge in [-0.15, -0.1) is 0 Å². The Morgan fingerprint density at radius 2 is 2.00 bits per heavy atom. The number of pyridine rings is 1. The molecule has 19 heavy (non-hydrogen) atoms. The van der Waals surface area contributed by atoms with Gasteiger partial charge in [-0.2, -0.15) is 4.39 Å². The standard InChI is InChI=1S/C16H17FN2/c1-11(18-16-7-3-6-15(17)19-16)13-9-8-12-4-2-5-14(12)10-13/h3,6-11H,2,4-5H2,1H3,(H,18,19). The van der Waals surface area contributed by atoms with E-state index in [0.717, 1.165) is 0 Å². The highest BCUT2D eigenvalue weighted by atomic mass is 19.1. The van der Waals surface area contributed by atoms with Gasteiger partial charge < -0.3 is 5.32 Å². The number of anilines is 1. The van der Waals surface area contributed by atoms with Gasteiger partial charge in [-0.05, 0) is 55.0 Å². The van der Waals surface area contributed by atoms with E-state index in [-0.39, 0.29) is 6.04 Å². The van der Waals surface area contributed by atoms with Crippen LogP contribution >= 0.6 is 0 Å². The molecule has 0 bridgehead atoms. The molecule has 2 aromatic rings. The predicted molar refractivity (Wildman–Crippen MR) is 74.7 cm³/mol. The summed E-state index contributed by atoms with van der Waals surface area (Å²) in [5, 5.41) is 3.24. The van der Waals surface area contributed by atoms with E-state index in [2.05, 4.69) is 35.4 Å². The van der Waals surface area contributed by atoms with E-state index < -0.39 is 5.95 Å². The summed E-state index contributed by atoms with van der Waals surface area (Å²) < 4.78 is 13.0. The van der Waals surface area contributed by atoms with Crippen molar-refractivity contribution >= 4 is 5.82 Å². The summed E-state index contributed by atoms with van der Waals surface area (Å²) in [5.41, 5.74) is 4.16. The molecule has 0 aliphatic heterocycles. The smallest absolute Gasteiger partial charge is 0.214 e. The van der Waals surface area contributed by atoms with Crippen LogP contribution in [0.1, 0.15) is 36.1 Å². The summed E-state index contributed by atoms with van der Waals surface area (Å²) >= 11 is 0. The normalized spacial score (nSPS) is 15.1. The second kappa shape index (κ2) is 5.00. The molecule has 0 spiro atoms. The number of nitrogens with zero attached hydrogens (tertiary/aromatic N) is 1. The van der Waals surface area contributed by atoms with Crippen molar-refractivity contribution in [2.45, 2.75) is 32.2 Å². The Morgan fingerprint density at radius 3 is 2.84 bits per heavy atom. The number of fused-ring (bicyclic) bond motifs is 1. The van der Waals surface area contributed by atoms with Crippen molar-refractivity contribution in [3.05, 3.63) is 59.0 Å². The van der Waals surface area contributed by atoms with Gasteiger partial charge in [0.05, 0.1) is 0 Å². The Hall–Kier alpha value is -1.90. The molecule has 1 unspecified atom stereocenters. The van der Waals surface area contributed by atoms with Crippen LogP contribution in [0.25, 0.3) is 0 Å². The highest BCUT2D eigenvalue weighted by molar-refractivity contribution is 5.41. The number of aryl methyl sites for hydroxylation is 2. The number of benzene rings is 1. The number of nitrogens with one attached hydrogen (secondary N) is 1. The SMILES string of the molecule is CC(Nc1cccc(F)n1)c1ccc2c(c1)CCC2. The third-order valence-electron chi connectivity index (χ3n) is 3.70. The zero-order chi connectivity index (χ0) is 13.2. The molecule has 2 nitrogen and oxygen atoms in total. The van der Waals surface area contributed by atoms with Crippen molar-refractivity contribution in [3.63, 3.8) is 0 Å². The molecule has 1 atom stereocenters. The lowest BCUT2D eigenvalue weighted by Crippen LogP contribution is -2.08. The van der Waals surface area contributed by atoms with E-state index in [1.165, 1.54) is 42.0 Å². The minimum absolute atomic E-state index is 0.125. The molecule has 3 rings (SSSR count). The maximum atomic E-state index is 13.0. The first kappa shape index (κ1) is 12.2. The fraction of sp³-hybridized carbons (Fsp3) is 0.312. The zero-order valence-corrected chi connectivity index (χ0v) is 11.0. The van der Waals surface area contributed by atoms with Gasteiger partial charge in [-0.3, -0.25) is 0 Å². The summed E-state index contributed by atoms with van der Waals surface area (Å²) in [6, 6.07) is 11.6. The van der Waals surface area contributed by atoms with Gasteiger partial charge in [0.25, 0.3) is 0 Å². The van der Waals surface area contributed by atoms with Gasteiger partial charge >= 0.3 is 0 Å². The van der Waals surface area contributed by atoms with Crippen LogP contribution in [0.3, 0.4) is 0 Å². The molecule has 0 saturated carbocycles. The van der Waals surface area contributed by atoms with Crippen LogP contribution in [0, 0.1) is 5.95 Å². The first-order chi connectivity index (χ1) is 9.22. The molecule has 0 fully saturated rings. The molecule has 3 heteroatoms. The lowest BCUT2D eigenvalue weighted by Gasteiger charge is -2.16. The fourth-order valence-electron chi connectivity index (χ4n) is 2.65. The summed E-state index contributed by atoms with van der Waals surface area (Å²) in [4.78, 5) is 3.83. The Labute approximate surface area is 112 Å². The van der Waals surface area contributed by atoms with Crippen molar-refractivity contribution < 1.29 is 4.39 Å². The van der Waals surface area contributed by atoms with Crippen LogP contribution in [0.5, 0.6) is 0 Å². The number of aromatic nitrogens is 1. The third kappa shape index (κ3) is 2.60. The summed E-state index contributed by atoms with van der Waals surface area (Å²) in [6.07, 6.45) is 3.63. The Morgan fingerprint density at radius 1 is 1.16 bits per heavy atom. The van der Waals surface area contributed by atoms with E-state index in [9.17, 15) is 4.39 Å². The van der Waals surface area contributed by atoms with Gasteiger partial charge in [0.15, 0.2) is 0 Å². The van der Waals surface area contributed by atoms with E-state index in [4.69, 9.17) is 0 Å². The predicted octanol–water partition coefficient (Wildman–Crippen LogP) is 3.88. The molecule has 0 radical (unpaired) electrons. The van der Waals surface area contributed by atoms with Gasteiger partial charge in [-0.25, -0.2) is 4.98 Å². The zero-order valence-electron chi connectivity index (χ0n) is 11.0. The van der Waals surface area contributed by atoms with Gasteiger partial charge in [0.2, 0.25) is 5.95 Å². The fourth-order valence-corrected chi connectivity index (χ4v) is 2.65. The summed E-state index contributed by atoms with van der Waals surface area (Å²) in [6.45, 7) is 2.07. The summed E-state index contributed by atoms with van der Waals surface area (Å²) in [7, 11) is 0. The van der Waals surface area contributed by atoms with Crippen molar-refractivity contribution in [2.75, 3.05) is 5.32 Å². The van der Waals surface area contributed by atoms with Crippen molar-refractivity contribution in [2.24, 2.45) is 0 Å². The van der Waals surface area contributed by atoms with E-state index in [1.807, 2.05) is 0 Å². The van der Waals surface area contributed by atoms with Gasteiger partial charge in [-0.1, -0.05) is 24.3 Å². The highest BCUT2D eigenvalue weighted by Crippen LogP contribution is 2.26. The molecule has 1 aliphatic carbocycles. The Balaban J connectivity index is 1.78. The lowest BCUT2D eigenvalue weighted by atomic mass is 10.0. The average Bonchev–Trinajstić information content (AvgIpc) is 2.85. The molecular weight excluding hydrogens is 239 g/mol. The second-order valence-corrected chi connectivity index (χ2v) is 5.09. The maximum Gasteiger partial charge on any atom is 0.214 e. The summed E-state index contributed by atoms with van der Waals surface area (Å²) in [5.74, 6) is 0.124. The van der Waals surface area contributed by atoms with Crippen LogP contribution in [0.2, 0.25) is 0 Å². The maximum absolute atomic E-state index is 13.0. The van der Waals surface area contributed by atoms with Crippen LogP contribution in [-0.4, -0.2) is 4.98 Å². The van der Waals surface area contributed by atoms with Gasteiger partial charge in [0, 0.05) is 6.04 Å². The lowest BCUT2D eigenvalue weighted by molar-refractivity contribution is 0.584. The number of hydrogen-bond acceptors (Lipinski definition) is 2. The highest BCUT2D eigenvalue weighted by Gasteiger charge is 2.13. The van der Waals surface area contributed by atoms with Gasteiger partial charge in [0.1, 0.15) is 5.82 Å². The van der Waals surface area contributed by atoms with Crippen molar-refractivity contribution in [1.82, 2.24) is 4.98 Å². The van der Waals surface area contributed by atoms with E-state index in [0.29, 0.717) is 5.82 Å². The minimum Gasteiger partial charge on any atom is -0.363 e. The quantitative estimate of drug-likeness (QED) is 0.843. The second-order valence-electron chi connectivity index (χ2n) is 5.09. The molecule has 1 heterocycles. The van der Waals surface area contributed by atoms with Crippen LogP contribution < -0.4 is 5.32 Å². The molecular formula is C16H17FN2. The number of halogens is 1. The topological polar surface area (TPSA) is 24.9 Å². The van der Waals surface area contributed by atoms with Crippen molar-refractivity contribution in [3.8, 4) is 0 Å². The molecule has 1 aliphatic rings. The first-order valence-electron chi connectivity index (χ1n) is 6.73. The van der Waals surface area contributed by atoms with Crippen LogP contribution in [-0.2, 0) is 12.8 Å². The molecule has 0 amide bonds. The monoisotopic (exact) mass is 256 g/mol. The molecule has 0 saturated heterocycles. The van der Waals surface area contributed by atoms with E-state index in [1.54, 1.807) is 12.1 Å². The molecule has 1 aromatic heterocycles. The number of rotatable bonds is 3. The first-order valence-corrected chi connectivity index (χ1v) is 6.73. The van der Waals surface area contributed by atoms with Crippen LogP contribution in [0.15, 0.2) is 36.4 Å². The van der Waals surface area contributed by atoms with E-state index >= 15 is 0 Å². The van der Waals surface area contributed by atoms with Crippen LogP contribution in [0.4, 0.5) is 10.2 Å². The molecule has 98 valence electrons. The number of hydrogen-bond donors (Lipinski definition) is 1. The Bertz CT molecular complexity index is 595. The third-order valence-corrected chi connectivity index (χ3v) is 3.70. The molecule has 1 N–H and O–H groups in total. The minimum atomic E-state index is -0.453. The Kier molecular flexibility index (Phi) is 3.20. The average molecular weight is 256 g/mol. The van der Waals surface area contributed by atoms with Crippen molar-refractivity contribution in [1.29, 1.82) is 0 Å². The largest absolute Gasteiger partial charge is 0.363 e. The molecule has 1 aromatic carbocycles.